The van der Waals surface area contributed by atoms with Crippen molar-refractivity contribution in [3.8, 4) is 11.3 Å². The zero-order valence-corrected chi connectivity index (χ0v) is 13.9. The maximum Gasteiger partial charge on any atom is 0.142 e. The molecule has 0 amide bonds. The average molecular weight is 293 g/mol. The van der Waals surface area contributed by atoms with Crippen molar-refractivity contribution in [3.63, 3.8) is 0 Å². The quantitative estimate of drug-likeness (QED) is 0.733. The van der Waals surface area contributed by atoms with Gasteiger partial charge in [-0.05, 0) is 51.8 Å². The van der Waals surface area contributed by atoms with Crippen LogP contribution in [0.5, 0.6) is 0 Å². The third kappa shape index (κ3) is 2.59. The molecule has 0 radical (unpaired) electrons. The number of hydrogen-bond donors (Lipinski definition) is 1. The summed E-state index contributed by atoms with van der Waals surface area (Å²) in [5, 5.41) is 3.63. The number of fused-ring (bicyclic) bond motifs is 1. The highest BCUT2D eigenvalue weighted by molar-refractivity contribution is 5.79. The molecule has 2 heterocycles. The van der Waals surface area contributed by atoms with E-state index in [0.29, 0.717) is 0 Å². The molecule has 3 heteroatoms. The number of imidazole rings is 1. The Kier molecular flexibility index (Phi) is 3.44. The van der Waals surface area contributed by atoms with Crippen molar-refractivity contribution in [1.29, 1.82) is 0 Å². The second-order valence-corrected chi connectivity index (χ2v) is 6.88. The molecule has 0 saturated heterocycles. The Morgan fingerprint density at radius 1 is 0.955 bits per heavy atom. The van der Waals surface area contributed by atoms with Gasteiger partial charge < -0.3 is 5.32 Å². The third-order valence-corrected chi connectivity index (χ3v) is 3.74. The van der Waals surface area contributed by atoms with E-state index in [1.54, 1.807) is 0 Å². The molecule has 3 nitrogen and oxygen atoms in total. The van der Waals surface area contributed by atoms with Crippen molar-refractivity contribution in [2.24, 2.45) is 0 Å². The van der Waals surface area contributed by atoms with Gasteiger partial charge in [-0.25, -0.2) is 4.98 Å². The summed E-state index contributed by atoms with van der Waals surface area (Å²) in [4.78, 5) is 4.93. The minimum Gasteiger partial charge on any atom is -0.365 e. The highest BCUT2D eigenvalue weighted by Crippen LogP contribution is 2.33. The highest BCUT2D eigenvalue weighted by atomic mass is 15.2. The van der Waals surface area contributed by atoms with E-state index in [0.717, 1.165) is 17.2 Å². The summed E-state index contributed by atoms with van der Waals surface area (Å²) in [6.45, 7) is 10.7. The molecule has 0 unspecified atom stereocenters. The summed E-state index contributed by atoms with van der Waals surface area (Å²) in [6, 6.07) is 12.6. The van der Waals surface area contributed by atoms with Crippen LogP contribution in [0.1, 0.15) is 31.9 Å². The molecule has 2 aromatic heterocycles. The Hall–Kier alpha value is -2.29. The van der Waals surface area contributed by atoms with Crippen LogP contribution in [-0.4, -0.2) is 14.9 Å². The topological polar surface area (TPSA) is 29.3 Å². The van der Waals surface area contributed by atoms with E-state index in [1.165, 1.54) is 16.7 Å². The lowest BCUT2D eigenvalue weighted by Crippen LogP contribution is -2.27. The first-order valence-corrected chi connectivity index (χ1v) is 7.69. The fourth-order valence-electron chi connectivity index (χ4n) is 2.71. The molecule has 3 rings (SSSR count). The molecule has 1 aromatic carbocycles. The molecule has 0 atom stereocenters. The van der Waals surface area contributed by atoms with Gasteiger partial charge in [0.2, 0.25) is 0 Å². The van der Waals surface area contributed by atoms with Gasteiger partial charge in [0, 0.05) is 17.3 Å². The lowest BCUT2D eigenvalue weighted by molar-refractivity contribution is 0.629. The Balaban J connectivity index is 2.31. The van der Waals surface area contributed by atoms with E-state index in [2.05, 4.69) is 86.9 Å². The molecule has 3 aromatic rings. The largest absolute Gasteiger partial charge is 0.365 e. The van der Waals surface area contributed by atoms with Gasteiger partial charge in [-0.15, -0.1) is 0 Å². The van der Waals surface area contributed by atoms with Gasteiger partial charge >= 0.3 is 0 Å². The predicted octanol–water partition coefficient (Wildman–Crippen LogP) is 4.83. The standard InChI is InChI=1S/C19H23N3/c1-13-9-6-7-11-15(13)16-18(21-19(3,4)5)22-12-8-10-14(2)17(22)20-16/h6-12,21H,1-5H3. The maximum atomic E-state index is 4.93. The number of benzene rings is 1. The molecule has 0 aliphatic carbocycles. The summed E-state index contributed by atoms with van der Waals surface area (Å²) in [7, 11) is 0. The average Bonchev–Trinajstić information content (AvgIpc) is 2.78. The van der Waals surface area contributed by atoms with Crippen LogP contribution in [0.15, 0.2) is 42.6 Å². The van der Waals surface area contributed by atoms with Crippen molar-refractivity contribution in [2.75, 3.05) is 5.32 Å². The minimum absolute atomic E-state index is 0.0306. The van der Waals surface area contributed by atoms with Crippen molar-refractivity contribution in [3.05, 3.63) is 53.7 Å². The van der Waals surface area contributed by atoms with Crippen LogP contribution in [0.25, 0.3) is 16.9 Å². The fourth-order valence-corrected chi connectivity index (χ4v) is 2.71. The van der Waals surface area contributed by atoms with E-state index in [9.17, 15) is 0 Å². The van der Waals surface area contributed by atoms with Gasteiger partial charge in [0.05, 0.1) is 0 Å². The number of pyridine rings is 1. The van der Waals surface area contributed by atoms with Crippen molar-refractivity contribution >= 4 is 11.5 Å². The zero-order chi connectivity index (χ0) is 15.9. The second kappa shape index (κ2) is 5.16. The molecular formula is C19H23N3. The van der Waals surface area contributed by atoms with Gasteiger partial charge in [0.25, 0.3) is 0 Å². The molecule has 0 aliphatic rings. The Morgan fingerprint density at radius 2 is 1.64 bits per heavy atom. The van der Waals surface area contributed by atoms with E-state index >= 15 is 0 Å². The van der Waals surface area contributed by atoms with Crippen LogP contribution in [-0.2, 0) is 0 Å². The number of aryl methyl sites for hydroxylation is 2. The molecule has 0 spiro atoms. The fraction of sp³-hybridized carbons (Fsp3) is 0.316. The van der Waals surface area contributed by atoms with Crippen molar-refractivity contribution in [2.45, 2.75) is 40.2 Å². The van der Waals surface area contributed by atoms with Gasteiger partial charge in [-0.3, -0.25) is 4.40 Å². The maximum absolute atomic E-state index is 4.93. The Morgan fingerprint density at radius 3 is 2.32 bits per heavy atom. The molecule has 1 N–H and O–H groups in total. The van der Waals surface area contributed by atoms with Gasteiger partial charge in [0.15, 0.2) is 0 Å². The first-order chi connectivity index (χ1) is 10.4. The monoisotopic (exact) mass is 293 g/mol. The summed E-state index contributed by atoms with van der Waals surface area (Å²) in [5.41, 5.74) is 5.59. The second-order valence-electron chi connectivity index (χ2n) is 6.88. The number of aromatic nitrogens is 2. The van der Waals surface area contributed by atoms with E-state index in [-0.39, 0.29) is 5.54 Å². The first kappa shape index (κ1) is 14.6. The van der Waals surface area contributed by atoms with Crippen LogP contribution in [0, 0.1) is 13.8 Å². The Bertz CT molecular complexity index is 822. The van der Waals surface area contributed by atoms with E-state index in [4.69, 9.17) is 4.98 Å². The summed E-state index contributed by atoms with van der Waals surface area (Å²) < 4.78 is 2.16. The van der Waals surface area contributed by atoms with Crippen molar-refractivity contribution < 1.29 is 0 Å². The number of nitrogens with zero attached hydrogens (tertiary/aromatic N) is 2. The Labute approximate surface area is 132 Å². The SMILES string of the molecule is Cc1ccccc1-c1nc2c(C)cccn2c1NC(C)(C)C. The minimum atomic E-state index is -0.0306. The van der Waals surface area contributed by atoms with Gasteiger partial charge in [0.1, 0.15) is 17.2 Å². The predicted molar refractivity (Wildman–Crippen MR) is 93.5 cm³/mol. The number of anilines is 1. The normalized spacial score (nSPS) is 11.9. The smallest absolute Gasteiger partial charge is 0.142 e. The zero-order valence-electron chi connectivity index (χ0n) is 13.9. The van der Waals surface area contributed by atoms with Crippen LogP contribution >= 0.6 is 0 Å². The van der Waals surface area contributed by atoms with Crippen LogP contribution < -0.4 is 5.32 Å². The van der Waals surface area contributed by atoms with Crippen molar-refractivity contribution in [1.82, 2.24) is 9.38 Å². The summed E-state index contributed by atoms with van der Waals surface area (Å²) in [5.74, 6) is 1.06. The molecule has 114 valence electrons. The lowest BCUT2D eigenvalue weighted by Gasteiger charge is -2.23. The van der Waals surface area contributed by atoms with Gasteiger partial charge in [-0.2, -0.15) is 0 Å². The summed E-state index contributed by atoms with van der Waals surface area (Å²) >= 11 is 0. The first-order valence-electron chi connectivity index (χ1n) is 7.69. The van der Waals surface area contributed by atoms with Gasteiger partial charge in [-0.1, -0.05) is 30.3 Å². The lowest BCUT2D eigenvalue weighted by atomic mass is 10.0. The third-order valence-electron chi connectivity index (χ3n) is 3.74. The highest BCUT2D eigenvalue weighted by Gasteiger charge is 2.20. The number of rotatable bonds is 2. The van der Waals surface area contributed by atoms with Crippen LogP contribution in [0.2, 0.25) is 0 Å². The van der Waals surface area contributed by atoms with Crippen LogP contribution in [0.3, 0.4) is 0 Å². The summed E-state index contributed by atoms with van der Waals surface area (Å²) in [6.07, 6.45) is 2.07. The van der Waals surface area contributed by atoms with Crippen LogP contribution in [0.4, 0.5) is 5.82 Å². The molecule has 0 saturated carbocycles. The molecule has 22 heavy (non-hydrogen) atoms. The number of nitrogens with one attached hydrogen (secondary N) is 1. The molecule has 0 fully saturated rings. The number of hydrogen-bond acceptors (Lipinski definition) is 2. The molecule has 0 bridgehead atoms. The molecule has 0 aliphatic heterocycles. The molecular weight excluding hydrogens is 270 g/mol. The van der Waals surface area contributed by atoms with E-state index in [1.807, 2.05) is 0 Å². The van der Waals surface area contributed by atoms with E-state index < -0.39 is 0 Å².